The number of carbonyl (C=O) groups excluding carboxylic acids is 2. The van der Waals surface area contributed by atoms with Crippen LogP contribution in [-0.2, 0) is 9.59 Å². The Morgan fingerprint density at radius 1 is 0.816 bits per heavy atom. The number of para-hydroxylation sites is 1. The summed E-state index contributed by atoms with van der Waals surface area (Å²) in [7, 11) is 0. The predicted molar refractivity (Wildman–Crippen MR) is 147 cm³/mol. The van der Waals surface area contributed by atoms with Crippen molar-refractivity contribution in [1.82, 2.24) is 0 Å². The number of Topliss-reactive ketones (excluding diaryl/α,β-unsaturated/α-hetero) is 1. The van der Waals surface area contributed by atoms with Crippen molar-refractivity contribution in [2.24, 2.45) is 0 Å². The molecule has 6 nitrogen and oxygen atoms in total. The third-order valence-electron chi connectivity index (χ3n) is 6.33. The van der Waals surface area contributed by atoms with Gasteiger partial charge in [-0.15, -0.1) is 0 Å². The molecule has 0 aromatic heterocycles. The number of anilines is 1. The van der Waals surface area contributed by atoms with E-state index in [4.69, 9.17) is 9.47 Å². The van der Waals surface area contributed by atoms with Crippen molar-refractivity contribution in [1.29, 1.82) is 0 Å². The first-order valence-electron chi connectivity index (χ1n) is 12.4. The number of benzene rings is 4. The van der Waals surface area contributed by atoms with Crippen LogP contribution in [0, 0.1) is 6.92 Å². The molecule has 1 atom stereocenters. The number of aryl methyl sites for hydroxylation is 1. The van der Waals surface area contributed by atoms with Gasteiger partial charge in [0.25, 0.3) is 11.7 Å². The third-order valence-corrected chi connectivity index (χ3v) is 6.33. The zero-order valence-corrected chi connectivity index (χ0v) is 21.1. The van der Waals surface area contributed by atoms with E-state index >= 15 is 0 Å². The van der Waals surface area contributed by atoms with Crippen LogP contribution in [0.15, 0.2) is 109 Å². The van der Waals surface area contributed by atoms with Gasteiger partial charge in [0.2, 0.25) is 0 Å². The van der Waals surface area contributed by atoms with Crippen LogP contribution in [-0.4, -0.2) is 23.4 Å². The average Bonchev–Trinajstić information content (AvgIpc) is 3.20. The fourth-order valence-electron chi connectivity index (χ4n) is 4.55. The SMILES string of the molecule is CCOc1cccc(/C(O)=C2/C(=O)C(=O)N(c3ccc(C)cc3)C2c2cccc(Oc3ccccc3)c2)c1. The maximum atomic E-state index is 13.5. The molecule has 1 saturated heterocycles. The number of rotatable bonds is 7. The molecule has 0 bridgehead atoms. The molecule has 1 fully saturated rings. The van der Waals surface area contributed by atoms with Crippen molar-refractivity contribution in [2.45, 2.75) is 19.9 Å². The Balaban J connectivity index is 1.66. The Labute approximate surface area is 221 Å². The van der Waals surface area contributed by atoms with Crippen molar-refractivity contribution >= 4 is 23.1 Å². The number of hydrogen-bond acceptors (Lipinski definition) is 5. The summed E-state index contributed by atoms with van der Waals surface area (Å²) in [5, 5.41) is 11.4. The standard InChI is InChI=1S/C32H27NO5/c1-3-37-26-13-8-10-23(20-26)30(34)28-29(33(32(36)31(28)35)24-17-15-21(2)16-18-24)22-9-7-14-27(19-22)38-25-11-5-4-6-12-25/h4-20,29,34H,3H2,1-2H3/b30-28-. The van der Waals surface area contributed by atoms with Crippen LogP contribution >= 0.6 is 0 Å². The number of hydrogen-bond donors (Lipinski definition) is 1. The van der Waals surface area contributed by atoms with Crippen molar-refractivity contribution in [3.63, 3.8) is 0 Å². The van der Waals surface area contributed by atoms with Crippen LogP contribution in [0.5, 0.6) is 17.2 Å². The number of aliphatic hydroxyl groups excluding tert-OH is 1. The molecule has 4 aromatic carbocycles. The zero-order chi connectivity index (χ0) is 26.6. The number of ether oxygens (including phenoxy) is 2. The molecule has 1 unspecified atom stereocenters. The molecule has 38 heavy (non-hydrogen) atoms. The molecule has 1 N–H and O–H groups in total. The lowest BCUT2D eigenvalue weighted by Crippen LogP contribution is -2.29. The van der Waals surface area contributed by atoms with E-state index in [-0.39, 0.29) is 11.3 Å². The molecular weight excluding hydrogens is 478 g/mol. The molecule has 6 heteroatoms. The first-order valence-corrected chi connectivity index (χ1v) is 12.4. The number of amides is 1. The topological polar surface area (TPSA) is 76.1 Å². The lowest BCUT2D eigenvalue weighted by molar-refractivity contribution is -0.132. The van der Waals surface area contributed by atoms with Crippen molar-refractivity contribution in [3.05, 3.63) is 125 Å². The Kier molecular flexibility index (Phi) is 6.96. The molecule has 1 amide bonds. The fourth-order valence-corrected chi connectivity index (χ4v) is 4.55. The van der Waals surface area contributed by atoms with E-state index < -0.39 is 17.7 Å². The van der Waals surface area contributed by atoms with Gasteiger partial charge in [-0.1, -0.05) is 60.2 Å². The largest absolute Gasteiger partial charge is 0.507 e. The Bertz CT molecular complexity index is 1510. The van der Waals surface area contributed by atoms with E-state index in [1.807, 2.05) is 62.4 Å². The number of carbonyl (C=O) groups is 2. The first kappa shape index (κ1) is 24.8. The molecule has 4 aromatic rings. The molecule has 190 valence electrons. The van der Waals surface area contributed by atoms with Gasteiger partial charge >= 0.3 is 0 Å². The molecule has 0 aliphatic carbocycles. The van der Waals surface area contributed by atoms with Crippen LogP contribution < -0.4 is 14.4 Å². The summed E-state index contributed by atoms with van der Waals surface area (Å²) in [4.78, 5) is 28.3. The van der Waals surface area contributed by atoms with E-state index in [9.17, 15) is 14.7 Å². The van der Waals surface area contributed by atoms with E-state index in [2.05, 4.69) is 0 Å². The van der Waals surface area contributed by atoms with E-state index in [0.29, 0.717) is 40.7 Å². The van der Waals surface area contributed by atoms with E-state index in [1.54, 1.807) is 54.6 Å². The third kappa shape index (κ3) is 4.89. The van der Waals surface area contributed by atoms with Gasteiger partial charge in [0.05, 0.1) is 18.2 Å². The van der Waals surface area contributed by atoms with Gasteiger partial charge in [0, 0.05) is 11.3 Å². The maximum Gasteiger partial charge on any atom is 0.300 e. The Hall–Kier alpha value is -4.84. The van der Waals surface area contributed by atoms with E-state index in [0.717, 1.165) is 5.56 Å². The van der Waals surface area contributed by atoms with Gasteiger partial charge in [-0.3, -0.25) is 14.5 Å². The normalized spacial score (nSPS) is 16.5. The highest BCUT2D eigenvalue weighted by molar-refractivity contribution is 6.51. The summed E-state index contributed by atoms with van der Waals surface area (Å²) in [5.41, 5.74) is 2.59. The summed E-state index contributed by atoms with van der Waals surface area (Å²) >= 11 is 0. The summed E-state index contributed by atoms with van der Waals surface area (Å²) < 4.78 is 11.6. The molecule has 1 aliphatic rings. The van der Waals surface area contributed by atoms with Crippen LogP contribution in [0.1, 0.15) is 29.7 Å². The van der Waals surface area contributed by atoms with Crippen LogP contribution in [0.4, 0.5) is 5.69 Å². The van der Waals surface area contributed by atoms with Crippen molar-refractivity contribution in [2.75, 3.05) is 11.5 Å². The van der Waals surface area contributed by atoms with Crippen LogP contribution in [0.25, 0.3) is 5.76 Å². The van der Waals surface area contributed by atoms with Gasteiger partial charge in [-0.2, -0.15) is 0 Å². The fraction of sp³-hybridized carbons (Fsp3) is 0.125. The summed E-state index contributed by atoms with van der Waals surface area (Å²) in [6.07, 6.45) is 0. The second kappa shape index (κ2) is 10.6. The van der Waals surface area contributed by atoms with Gasteiger partial charge in [-0.25, -0.2) is 0 Å². The van der Waals surface area contributed by atoms with Gasteiger partial charge in [0.15, 0.2) is 0 Å². The molecule has 0 saturated carbocycles. The summed E-state index contributed by atoms with van der Waals surface area (Å²) in [6, 6.07) is 29.9. The number of aliphatic hydroxyl groups is 1. The average molecular weight is 506 g/mol. The molecule has 1 aliphatic heterocycles. The second-order valence-electron chi connectivity index (χ2n) is 8.95. The zero-order valence-electron chi connectivity index (χ0n) is 21.1. The van der Waals surface area contributed by atoms with Gasteiger partial charge in [-0.05, 0) is 67.9 Å². The van der Waals surface area contributed by atoms with E-state index in [1.165, 1.54) is 4.90 Å². The van der Waals surface area contributed by atoms with Crippen molar-refractivity contribution in [3.8, 4) is 17.2 Å². The quantitative estimate of drug-likeness (QED) is 0.170. The highest BCUT2D eigenvalue weighted by Crippen LogP contribution is 2.43. The van der Waals surface area contributed by atoms with Gasteiger partial charge < -0.3 is 14.6 Å². The lowest BCUT2D eigenvalue weighted by Gasteiger charge is -2.26. The molecular formula is C32H27NO5. The Morgan fingerprint density at radius 3 is 2.24 bits per heavy atom. The minimum Gasteiger partial charge on any atom is -0.507 e. The molecule has 0 spiro atoms. The van der Waals surface area contributed by atoms with Gasteiger partial charge in [0.1, 0.15) is 23.0 Å². The minimum atomic E-state index is -0.868. The molecule has 1 heterocycles. The molecule has 5 rings (SSSR count). The van der Waals surface area contributed by atoms with Crippen LogP contribution in [0.2, 0.25) is 0 Å². The summed E-state index contributed by atoms with van der Waals surface area (Å²) in [6.45, 7) is 4.27. The number of ketones is 1. The minimum absolute atomic E-state index is 0.00100. The maximum absolute atomic E-state index is 13.5. The monoisotopic (exact) mass is 505 g/mol. The predicted octanol–water partition coefficient (Wildman–Crippen LogP) is 6.81. The smallest absolute Gasteiger partial charge is 0.300 e. The lowest BCUT2D eigenvalue weighted by atomic mass is 9.95. The highest BCUT2D eigenvalue weighted by atomic mass is 16.5. The molecule has 0 radical (unpaired) electrons. The number of nitrogens with zero attached hydrogens (tertiary/aromatic N) is 1. The Morgan fingerprint density at radius 2 is 1.50 bits per heavy atom. The first-order chi connectivity index (χ1) is 18.5. The summed E-state index contributed by atoms with van der Waals surface area (Å²) in [5.74, 6) is 0.0181. The highest BCUT2D eigenvalue weighted by Gasteiger charge is 2.47. The second-order valence-corrected chi connectivity index (χ2v) is 8.95. The van der Waals surface area contributed by atoms with Crippen molar-refractivity contribution < 1.29 is 24.2 Å². The van der Waals surface area contributed by atoms with Crippen LogP contribution in [0.3, 0.4) is 0 Å².